The Labute approximate surface area is 364 Å². The SMILES string of the molecule is COc1nc(-c2c[nH]c3ncccc23)ccc1NC(=O)c1c(-c2ccccc2)noc1C.COc1nc(-c2cnc3c(c2)OCO3)ccc1NC(=O)c1c(-c2ccccc2)noc1C. The number of amides is 2. The van der Waals surface area contributed by atoms with E-state index >= 15 is 0 Å². The number of nitrogens with one attached hydrogen (secondary N) is 3. The maximum absolute atomic E-state index is 13.1. The molecular weight excluding hydrogens is 819 g/mol. The van der Waals surface area contributed by atoms with Crippen molar-refractivity contribution in [3.63, 3.8) is 0 Å². The zero-order chi connectivity index (χ0) is 44.2. The van der Waals surface area contributed by atoms with Crippen molar-refractivity contribution in [1.29, 1.82) is 0 Å². The second kappa shape index (κ2) is 17.6. The highest BCUT2D eigenvalue weighted by molar-refractivity contribution is 6.10. The van der Waals surface area contributed by atoms with Gasteiger partial charge in [0.2, 0.25) is 18.6 Å². The Morgan fingerprint density at radius 2 is 1.23 bits per heavy atom. The van der Waals surface area contributed by atoms with E-state index in [-0.39, 0.29) is 24.5 Å². The molecule has 0 saturated heterocycles. The summed E-state index contributed by atoms with van der Waals surface area (Å²) < 4.78 is 32.1. The number of pyridine rings is 4. The topological polar surface area (TPSA) is 215 Å². The van der Waals surface area contributed by atoms with Crippen molar-refractivity contribution >= 4 is 34.2 Å². The van der Waals surface area contributed by atoms with E-state index in [1.807, 2.05) is 85.1 Å². The summed E-state index contributed by atoms with van der Waals surface area (Å²) in [6, 6.07) is 31.5. The lowest BCUT2D eigenvalue weighted by Crippen LogP contribution is -2.14. The lowest BCUT2D eigenvalue weighted by Gasteiger charge is -2.11. The van der Waals surface area contributed by atoms with E-state index in [4.69, 9.17) is 28.0 Å². The highest BCUT2D eigenvalue weighted by Crippen LogP contribution is 2.36. The lowest BCUT2D eigenvalue weighted by molar-refractivity contribution is 0.101. The van der Waals surface area contributed by atoms with E-state index in [0.717, 1.165) is 33.3 Å². The average Bonchev–Trinajstić information content (AvgIpc) is 4.16. The van der Waals surface area contributed by atoms with Gasteiger partial charge in [-0.05, 0) is 56.3 Å². The molecule has 3 N–H and O–H groups in total. The molecule has 0 spiro atoms. The number of rotatable bonds is 10. The molecule has 7 aromatic heterocycles. The van der Waals surface area contributed by atoms with E-state index < -0.39 is 0 Å². The molecule has 0 saturated carbocycles. The largest absolute Gasteiger partial charge is 0.479 e. The minimum Gasteiger partial charge on any atom is -0.479 e. The Kier molecular flexibility index (Phi) is 11.2. The summed E-state index contributed by atoms with van der Waals surface area (Å²) in [5.74, 6) is 1.66. The van der Waals surface area contributed by atoms with Crippen LogP contribution in [0.5, 0.6) is 23.4 Å². The van der Waals surface area contributed by atoms with Crippen molar-refractivity contribution in [2.24, 2.45) is 0 Å². The molecule has 17 nitrogen and oxygen atoms in total. The van der Waals surface area contributed by atoms with Gasteiger partial charge in [-0.25, -0.2) is 19.9 Å². The fourth-order valence-corrected chi connectivity index (χ4v) is 7.03. The number of carbonyl (C=O) groups excluding carboxylic acids is 2. The van der Waals surface area contributed by atoms with E-state index in [2.05, 4.69) is 45.9 Å². The van der Waals surface area contributed by atoms with E-state index in [0.29, 0.717) is 74.3 Å². The zero-order valence-corrected chi connectivity index (χ0v) is 34.7. The smallest absolute Gasteiger partial charge is 0.261 e. The van der Waals surface area contributed by atoms with E-state index in [9.17, 15) is 9.59 Å². The highest BCUT2D eigenvalue weighted by Gasteiger charge is 2.25. The number of fused-ring (bicyclic) bond motifs is 2. The molecule has 64 heavy (non-hydrogen) atoms. The summed E-state index contributed by atoms with van der Waals surface area (Å²) in [5.41, 5.74) is 7.80. The number of nitrogens with zero attached hydrogens (tertiary/aromatic N) is 6. The quantitative estimate of drug-likeness (QED) is 0.117. The first kappa shape index (κ1) is 40.5. The molecule has 10 rings (SSSR count). The fraction of sp³-hybridized carbons (Fsp3) is 0.106. The Hall–Kier alpha value is -8.86. The third-order valence-corrected chi connectivity index (χ3v) is 10.1. The van der Waals surface area contributed by atoms with Crippen LogP contribution in [-0.2, 0) is 0 Å². The molecule has 9 aromatic rings. The van der Waals surface area contributed by atoms with Crippen molar-refractivity contribution in [1.82, 2.24) is 35.2 Å². The second-order valence-corrected chi connectivity index (χ2v) is 14.1. The summed E-state index contributed by atoms with van der Waals surface area (Å²) >= 11 is 0. The lowest BCUT2D eigenvalue weighted by atomic mass is 10.1. The van der Waals surface area contributed by atoms with Gasteiger partial charge in [0.15, 0.2) is 5.75 Å². The highest BCUT2D eigenvalue weighted by atomic mass is 16.7. The van der Waals surface area contributed by atoms with Gasteiger partial charge in [0.05, 0.1) is 25.6 Å². The molecule has 8 heterocycles. The number of H-pyrrole nitrogens is 1. The number of carbonyl (C=O) groups is 2. The first-order valence-electron chi connectivity index (χ1n) is 19.7. The molecule has 0 atom stereocenters. The number of aromatic amines is 1. The van der Waals surface area contributed by atoms with Crippen LogP contribution in [0.25, 0.3) is 56.1 Å². The Bertz CT molecular complexity index is 3150. The molecule has 0 aliphatic carbocycles. The molecule has 1 aliphatic heterocycles. The molecule has 0 fully saturated rings. The van der Waals surface area contributed by atoms with Crippen LogP contribution in [0, 0.1) is 13.8 Å². The van der Waals surface area contributed by atoms with Crippen LogP contribution < -0.4 is 29.6 Å². The molecule has 2 aromatic carbocycles. The number of benzene rings is 2. The number of methoxy groups -OCH3 is 2. The summed E-state index contributed by atoms with van der Waals surface area (Å²) in [4.78, 5) is 47.0. The van der Waals surface area contributed by atoms with Crippen molar-refractivity contribution < 1.29 is 37.6 Å². The number of hydrogen-bond acceptors (Lipinski definition) is 14. The second-order valence-electron chi connectivity index (χ2n) is 14.1. The predicted octanol–water partition coefficient (Wildman–Crippen LogP) is 8.95. The molecule has 17 heteroatoms. The van der Waals surface area contributed by atoms with Gasteiger partial charge >= 0.3 is 0 Å². The molecule has 318 valence electrons. The van der Waals surface area contributed by atoms with Gasteiger partial charge in [0.25, 0.3) is 17.7 Å². The van der Waals surface area contributed by atoms with Crippen LogP contribution in [0.15, 0.2) is 131 Å². The average molecular weight is 856 g/mol. The normalized spacial score (nSPS) is 11.4. The van der Waals surface area contributed by atoms with Gasteiger partial charge in [0, 0.05) is 46.2 Å². The van der Waals surface area contributed by atoms with Gasteiger partial charge in [-0.15, -0.1) is 0 Å². The summed E-state index contributed by atoms with van der Waals surface area (Å²) in [7, 11) is 3.00. The summed E-state index contributed by atoms with van der Waals surface area (Å²) in [6.07, 6.45) is 5.22. The first-order valence-corrected chi connectivity index (χ1v) is 19.7. The van der Waals surface area contributed by atoms with Crippen LogP contribution in [0.4, 0.5) is 11.4 Å². The number of aryl methyl sites for hydroxylation is 2. The maximum atomic E-state index is 13.1. The zero-order valence-electron chi connectivity index (χ0n) is 34.7. The van der Waals surface area contributed by atoms with Gasteiger partial charge in [-0.3, -0.25) is 9.59 Å². The first-order chi connectivity index (χ1) is 31.3. The minimum atomic E-state index is -0.375. The molecule has 0 radical (unpaired) electrons. The van der Waals surface area contributed by atoms with Crippen molar-refractivity contribution in [3.05, 3.63) is 144 Å². The monoisotopic (exact) mass is 855 g/mol. The van der Waals surface area contributed by atoms with Gasteiger partial charge in [-0.1, -0.05) is 71.0 Å². The minimum absolute atomic E-state index is 0.140. The van der Waals surface area contributed by atoms with Crippen LogP contribution in [0.3, 0.4) is 0 Å². The third-order valence-electron chi connectivity index (χ3n) is 10.1. The Balaban J connectivity index is 0.000000162. The number of anilines is 2. The van der Waals surface area contributed by atoms with Crippen molar-refractivity contribution in [2.75, 3.05) is 31.6 Å². The molecule has 0 bridgehead atoms. The predicted molar refractivity (Wildman–Crippen MR) is 235 cm³/mol. The Morgan fingerprint density at radius 3 is 1.83 bits per heavy atom. The van der Waals surface area contributed by atoms with Crippen molar-refractivity contribution in [2.45, 2.75) is 13.8 Å². The molecule has 0 unspecified atom stereocenters. The summed E-state index contributed by atoms with van der Waals surface area (Å²) in [5, 5.41) is 14.8. The number of aromatic nitrogens is 7. The van der Waals surface area contributed by atoms with Crippen LogP contribution >= 0.6 is 0 Å². The molecular formula is C47H37N9O8. The Morgan fingerprint density at radius 1 is 0.656 bits per heavy atom. The van der Waals surface area contributed by atoms with E-state index in [1.54, 1.807) is 50.5 Å². The van der Waals surface area contributed by atoms with Gasteiger partial charge < -0.3 is 43.6 Å². The van der Waals surface area contributed by atoms with Gasteiger partial charge in [-0.2, -0.15) is 0 Å². The van der Waals surface area contributed by atoms with Gasteiger partial charge in [0.1, 0.15) is 51.1 Å². The van der Waals surface area contributed by atoms with Crippen LogP contribution in [0.1, 0.15) is 32.2 Å². The summed E-state index contributed by atoms with van der Waals surface area (Å²) in [6.45, 7) is 3.54. The van der Waals surface area contributed by atoms with Crippen molar-refractivity contribution in [3.8, 4) is 68.4 Å². The van der Waals surface area contributed by atoms with Crippen LogP contribution in [0.2, 0.25) is 0 Å². The standard InChI is InChI=1S/C24H19N5O3.C23H18N4O5/c1-14-20(21(29-32-14)15-7-4-3-5-8-15)23(30)27-19-11-10-18(28-24(19)31-2)17-13-26-22-16(17)9-6-12-25-22;1-13-19(20(27-32-13)14-6-4-3-5-7-14)21(28)25-17-9-8-16(26-22(17)29-2)15-10-18-23(24-11-15)31-12-30-18/h3-13H,1-2H3,(H,25,26)(H,27,30);3-11H,12H2,1-2H3,(H,25,28). The van der Waals surface area contributed by atoms with Crippen LogP contribution in [-0.4, -0.2) is 68.1 Å². The number of hydrogen-bond donors (Lipinski definition) is 3. The number of ether oxygens (including phenoxy) is 4. The third kappa shape index (κ3) is 8.03. The van der Waals surface area contributed by atoms with E-state index in [1.165, 1.54) is 14.2 Å². The molecule has 2 amide bonds. The fourth-order valence-electron chi connectivity index (χ4n) is 7.03. The molecule has 1 aliphatic rings. The maximum Gasteiger partial charge on any atom is 0.261 e.